The van der Waals surface area contributed by atoms with Gasteiger partial charge in [0.15, 0.2) is 0 Å². The normalized spacial score (nSPS) is 10.3. The lowest BCUT2D eigenvalue weighted by molar-refractivity contribution is -0.137. The number of benzene rings is 4. The van der Waals surface area contributed by atoms with Gasteiger partial charge < -0.3 is 28.4 Å². The van der Waals surface area contributed by atoms with Crippen LogP contribution in [0.15, 0.2) is 104 Å². The van der Waals surface area contributed by atoms with Gasteiger partial charge in [-0.25, -0.2) is 24.0 Å². The van der Waals surface area contributed by atoms with Crippen molar-refractivity contribution in [1.29, 1.82) is 0 Å². The van der Waals surface area contributed by atoms with Gasteiger partial charge in [0.1, 0.15) is 23.0 Å². The molecular formula is C37H32O11. The van der Waals surface area contributed by atoms with Crippen LogP contribution < -0.4 is 18.9 Å². The van der Waals surface area contributed by atoms with Crippen molar-refractivity contribution < 1.29 is 52.4 Å². The molecule has 48 heavy (non-hydrogen) atoms. The molecule has 4 rings (SSSR count). The van der Waals surface area contributed by atoms with Gasteiger partial charge in [0.25, 0.3) is 0 Å². The molecule has 11 nitrogen and oxygen atoms in total. The fraction of sp³-hybridized carbons (Fsp3) is 0.162. The lowest BCUT2D eigenvalue weighted by Crippen LogP contribution is -2.13. The highest BCUT2D eigenvalue weighted by molar-refractivity contribution is 5.93. The summed E-state index contributed by atoms with van der Waals surface area (Å²) in [4.78, 5) is 60.6. The first-order valence-electron chi connectivity index (χ1n) is 14.8. The number of ether oxygens (including phenoxy) is 6. The molecule has 0 N–H and O–H groups in total. The van der Waals surface area contributed by atoms with Crippen LogP contribution in [0.1, 0.15) is 55.0 Å². The van der Waals surface area contributed by atoms with Crippen molar-refractivity contribution in [1.82, 2.24) is 0 Å². The molecule has 0 radical (unpaired) electrons. The van der Waals surface area contributed by atoms with Crippen LogP contribution in [0.3, 0.4) is 0 Å². The molecule has 0 aliphatic rings. The van der Waals surface area contributed by atoms with E-state index in [9.17, 15) is 24.0 Å². The Morgan fingerprint density at radius 1 is 0.562 bits per heavy atom. The molecule has 0 atom stereocenters. The second-order valence-electron chi connectivity index (χ2n) is 10.3. The summed E-state index contributed by atoms with van der Waals surface area (Å²) >= 11 is 0. The zero-order valence-electron chi connectivity index (χ0n) is 26.3. The molecule has 4 aromatic carbocycles. The van der Waals surface area contributed by atoms with E-state index in [2.05, 4.69) is 6.58 Å². The average molecular weight is 653 g/mol. The van der Waals surface area contributed by atoms with Crippen molar-refractivity contribution in [3.63, 3.8) is 0 Å². The fourth-order valence-corrected chi connectivity index (χ4v) is 4.02. The Hall–Kier alpha value is -6.23. The number of hydrogen-bond donors (Lipinski definition) is 0. The van der Waals surface area contributed by atoms with Crippen molar-refractivity contribution in [2.45, 2.75) is 26.7 Å². The maximum Gasteiger partial charge on any atom is 0.513 e. The topological polar surface area (TPSA) is 141 Å². The molecule has 0 aliphatic heterocycles. The fourth-order valence-electron chi connectivity index (χ4n) is 4.02. The van der Waals surface area contributed by atoms with Gasteiger partial charge in [-0.2, -0.15) is 0 Å². The quantitative estimate of drug-likeness (QED) is 0.0485. The summed E-state index contributed by atoms with van der Waals surface area (Å²) < 4.78 is 31.2. The standard InChI is InChI=1S/C37H32O11/c1-4-33(38)43-21-5-6-22-44-37(42)47-30-17-13-27(14-18-30)34(39)45-29-15-11-28(12-16-29)35(40)46-31-19-20-32(25(3)23-31)48-36(41)26-9-7-24(2)8-10-26/h4,7-20,23H,1,5-6,21-22H2,2-3H3. The smallest absolute Gasteiger partial charge is 0.463 e. The van der Waals surface area contributed by atoms with E-state index in [0.717, 1.165) is 11.6 Å². The first-order valence-corrected chi connectivity index (χ1v) is 14.8. The van der Waals surface area contributed by atoms with Crippen molar-refractivity contribution >= 4 is 30.0 Å². The zero-order valence-corrected chi connectivity index (χ0v) is 26.3. The maximum absolute atomic E-state index is 12.7. The van der Waals surface area contributed by atoms with Crippen molar-refractivity contribution in [2.75, 3.05) is 13.2 Å². The van der Waals surface area contributed by atoms with Gasteiger partial charge in [0.2, 0.25) is 0 Å². The van der Waals surface area contributed by atoms with Crippen LogP contribution in [0.4, 0.5) is 4.79 Å². The van der Waals surface area contributed by atoms with E-state index in [-0.39, 0.29) is 41.6 Å². The van der Waals surface area contributed by atoms with Gasteiger partial charge in [0, 0.05) is 6.08 Å². The number of hydrogen-bond acceptors (Lipinski definition) is 11. The minimum absolute atomic E-state index is 0.0755. The molecule has 0 aromatic heterocycles. The molecule has 0 fully saturated rings. The van der Waals surface area contributed by atoms with Gasteiger partial charge >= 0.3 is 30.0 Å². The van der Waals surface area contributed by atoms with E-state index >= 15 is 0 Å². The van der Waals surface area contributed by atoms with Crippen LogP contribution in [0.2, 0.25) is 0 Å². The Morgan fingerprint density at radius 3 is 1.56 bits per heavy atom. The predicted octanol–water partition coefficient (Wildman–Crippen LogP) is 6.99. The number of esters is 4. The van der Waals surface area contributed by atoms with Crippen LogP contribution in [0.25, 0.3) is 0 Å². The zero-order chi connectivity index (χ0) is 34.5. The lowest BCUT2D eigenvalue weighted by atomic mass is 10.1. The van der Waals surface area contributed by atoms with Crippen LogP contribution in [-0.4, -0.2) is 43.2 Å². The van der Waals surface area contributed by atoms with Crippen LogP contribution in [0, 0.1) is 13.8 Å². The van der Waals surface area contributed by atoms with Crippen molar-refractivity contribution in [3.05, 3.63) is 131 Å². The minimum atomic E-state index is -0.918. The first-order chi connectivity index (χ1) is 23.1. The van der Waals surface area contributed by atoms with E-state index in [1.165, 1.54) is 54.6 Å². The Bertz CT molecular complexity index is 1770. The molecule has 0 heterocycles. The molecule has 0 spiro atoms. The highest BCUT2D eigenvalue weighted by Gasteiger charge is 2.15. The molecule has 0 bridgehead atoms. The van der Waals surface area contributed by atoms with E-state index < -0.39 is 30.0 Å². The highest BCUT2D eigenvalue weighted by Crippen LogP contribution is 2.26. The maximum atomic E-state index is 12.7. The molecule has 246 valence electrons. The number of rotatable bonds is 13. The summed E-state index contributed by atoms with van der Waals surface area (Å²) in [5, 5.41) is 0. The van der Waals surface area contributed by atoms with Gasteiger partial charge in [-0.1, -0.05) is 24.3 Å². The first kappa shape index (κ1) is 34.6. The third kappa shape index (κ3) is 10.4. The summed E-state index contributed by atoms with van der Waals surface area (Å²) in [5.74, 6) is -1.38. The number of aryl methyl sites for hydroxylation is 2. The van der Waals surface area contributed by atoms with E-state index in [4.69, 9.17) is 28.4 Å². The largest absolute Gasteiger partial charge is 0.513 e. The Kier molecular flexibility index (Phi) is 12.2. The lowest BCUT2D eigenvalue weighted by Gasteiger charge is -2.10. The summed E-state index contributed by atoms with van der Waals surface area (Å²) in [6.45, 7) is 7.21. The van der Waals surface area contributed by atoms with Gasteiger partial charge in [-0.3, -0.25) is 0 Å². The summed E-state index contributed by atoms with van der Waals surface area (Å²) in [5.41, 5.74) is 2.45. The third-order valence-corrected chi connectivity index (χ3v) is 6.61. The molecule has 11 heteroatoms. The van der Waals surface area contributed by atoms with Crippen LogP contribution in [-0.2, 0) is 14.3 Å². The predicted molar refractivity (Wildman–Crippen MR) is 172 cm³/mol. The minimum Gasteiger partial charge on any atom is -0.463 e. The molecule has 0 saturated carbocycles. The Balaban J connectivity index is 1.22. The summed E-state index contributed by atoms with van der Waals surface area (Å²) in [6.07, 6.45) is 1.12. The van der Waals surface area contributed by atoms with Crippen LogP contribution in [0.5, 0.6) is 23.0 Å². The highest BCUT2D eigenvalue weighted by atomic mass is 16.7. The molecule has 0 amide bonds. The summed E-state index contributed by atoms with van der Waals surface area (Å²) in [6, 6.07) is 23.1. The SMILES string of the molecule is C=CC(=O)OCCCCOC(=O)Oc1ccc(C(=O)Oc2ccc(C(=O)Oc3ccc(OC(=O)c4ccc(C)cc4)c(C)c3)cc2)cc1. The van der Waals surface area contributed by atoms with E-state index in [0.29, 0.717) is 29.7 Å². The number of carbonyl (C=O) groups is 5. The van der Waals surface area contributed by atoms with Gasteiger partial charge in [-0.05, 0) is 111 Å². The third-order valence-electron chi connectivity index (χ3n) is 6.61. The molecule has 4 aromatic rings. The second-order valence-corrected chi connectivity index (χ2v) is 10.3. The molecular weight excluding hydrogens is 620 g/mol. The van der Waals surface area contributed by atoms with Crippen molar-refractivity contribution in [3.8, 4) is 23.0 Å². The summed E-state index contributed by atoms with van der Waals surface area (Å²) in [7, 11) is 0. The number of unbranched alkanes of at least 4 members (excludes halogenated alkanes) is 1. The second kappa shape index (κ2) is 16.9. The Labute approximate surface area is 276 Å². The van der Waals surface area contributed by atoms with Gasteiger partial charge in [-0.15, -0.1) is 0 Å². The van der Waals surface area contributed by atoms with Crippen LogP contribution >= 0.6 is 0 Å². The molecule has 0 saturated heterocycles. The monoisotopic (exact) mass is 652 g/mol. The molecule has 0 aliphatic carbocycles. The Morgan fingerprint density at radius 2 is 1.02 bits per heavy atom. The average Bonchev–Trinajstić information content (AvgIpc) is 3.08. The number of carbonyl (C=O) groups excluding carboxylic acids is 5. The van der Waals surface area contributed by atoms with E-state index in [1.54, 1.807) is 31.2 Å². The van der Waals surface area contributed by atoms with Crippen molar-refractivity contribution in [2.24, 2.45) is 0 Å². The van der Waals surface area contributed by atoms with E-state index in [1.807, 2.05) is 19.1 Å². The molecule has 0 unspecified atom stereocenters. The van der Waals surface area contributed by atoms with Gasteiger partial charge in [0.05, 0.1) is 29.9 Å².